The third kappa shape index (κ3) is 2.59. The first-order chi connectivity index (χ1) is 5.93. The van der Waals surface area contributed by atoms with Gasteiger partial charge in [-0.1, -0.05) is 18.5 Å². The summed E-state index contributed by atoms with van der Waals surface area (Å²) in [6, 6.07) is 1.48. The van der Waals surface area contributed by atoms with E-state index in [9.17, 15) is 8.78 Å². The summed E-state index contributed by atoms with van der Waals surface area (Å²) in [5, 5.41) is 0.0587. The van der Waals surface area contributed by atoms with E-state index >= 15 is 0 Å². The van der Waals surface area contributed by atoms with E-state index in [4.69, 9.17) is 11.6 Å². The monoisotopic (exact) mass is 206 g/mol. The molecule has 0 aromatic carbocycles. The molecule has 2 nitrogen and oxygen atoms in total. The minimum Gasteiger partial charge on any atom is -0.232 e. The molecule has 0 saturated heterocycles. The first-order valence-electron chi connectivity index (χ1n) is 3.85. The topological polar surface area (TPSA) is 25.8 Å². The minimum absolute atomic E-state index is 0.0587. The highest BCUT2D eigenvalue weighted by Gasteiger charge is 2.28. The molecular formula is C8H9ClF2N2. The second-order valence-corrected chi connectivity index (χ2v) is 3.13. The van der Waals surface area contributed by atoms with Crippen LogP contribution in [-0.4, -0.2) is 9.97 Å². The van der Waals surface area contributed by atoms with Crippen molar-refractivity contribution in [3.63, 3.8) is 0 Å². The molecule has 5 heteroatoms. The highest BCUT2D eigenvalue weighted by atomic mass is 35.5. The molecule has 0 amide bonds. The average molecular weight is 207 g/mol. The summed E-state index contributed by atoms with van der Waals surface area (Å²) in [5.74, 6) is -3.55. The van der Waals surface area contributed by atoms with E-state index in [1.807, 2.05) is 6.92 Å². The Morgan fingerprint density at radius 1 is 1.46 bits per heavy atom. The molecule has 1 rings (SSSR count). The zero-order chi connectivity index (χ0) is 10.1. The molecule has 0 radical (unpaired) electrons. The molecule has 1 aromatic heterocycles. The third-order valence-electron chi connectivity index (χ3n) is 1.50. The predicted molar refractivity (Wildman–Crippen MR) is 46.0 cm³/mol. The lowest BCUT2D eigenvalue weighted by Gasteiger charge is -2.09. The molecule has 0 spiro atoms. The maximum atomic E-state index is 12.8. The summed E-state index contributed by atoms with van der Waals surface area (Å²) in [6.45, 7) is 2.56. The van der Waals surface area contributed by atoms with Gasteiger partial charge in [-0.3, -0.25) is 0 Å². The maximum absolute atomic E-state index is 12.8. The number of halogens is 3. The first-order valence-corrected chi connectivity index (χ1v) is 4.23. The van der Waals surface area contributed by atoms with Crippen molar-refractivity contribution in [2.75, 3.05) is 0 Å². The lowest BCUT2D eigenvalue weighted by molar-refractivity contribution is 0.00747. The number of rotatable bonds is 2. The van der Waals surface area contributed by atoms with E-state index in [0.717, 1.165) is 6.92 Å². The quantitative estimate of drug-likeness (QED) is 0.696. The van der Waals surface area contributed by atoms with Crippen molar-refractivity contribution in [2.45, 2.75) is 26.2 Å². The molecule has 72 valence electrons. The van der Waals surface area contributed by atoms with Crippen LogP contribution in [0.5, 0.6) is 0 Å². The molecule has 0 unspecified atom stereocenters. The van der Waals surface area contributed by atoms with Crippen molar-refractivity contribution in [2.24, 2.45) is 0 Å². The number of nitrogens with zero attached hydrogens (tertiary/aromatic N) is 2. The zero-order valence-corrected chi connectivity index (χ0v) is 8.07. The Bertz CT molecular complexity index is 310. The Morgan fingerprint density at radius 2 is 2.08 bits per heavy atom. The predicted octanol–water partition coefficient (Wildman–Crippen LogP) is 2.80. The Hall–Kier alpha value is -0.770. The SMILES string of the molecule is CCc1cc(Cl)nc(C(C)(F)F)n1. The van der Waals surface area contributed by atoms with Crippen LogP contribution >= 0.6 is 11.6 Å². The van der Waals surface area contributed by atoms with Crippen LogP contribution in [0.1, 0.15) is 25.4 Å². The average Bonchev–Trinajstić information content (AvgIpc) is 2.01. The third-order valence-corrected chi connectivity index (χ3v) is 1.70. The van der Waals surface area contributed by atoms with Crippen LogP contribution in [0.2, 0.25) is 5.15 Å². The van der Waals surface area contributed by atoms with Gasteiger partial charge in [0, 0.05) is 12.6 Å². The molecular weight excluding hydrogens is 198 g/mol. The number of alkyl halides is 2. The molecule has 1 heterocycles. The number of aromatic nitrogens is 2. The lowest BCUT2D eigenvalue weighted by Crippen LogP contribution is -2.13. The van der Waals surface area contributed by atoms with Gasteiger partial charge in [-0.2, -0.15) is 8.78 Å². The molecule has 0 atom stereocenters. The van der Waals surface area contributed by atoms with Crippen molar-refractivity contribution in [1.82, 2.24) is 9.97 Å². The fourth-order valence-corrected chi connectivity index (χ4v) is 1.05. The van der Waals surface area contributed by atoms with Gasteiger partial charge in [0.05, 0.1) is 0 Å². The number of hydrogen-bond acceptors (Lipinski definition) is 2. The normalized spacial score (nSPS) is 11.8. The van der Waals surface area contributed by atoms with E-state index in [-0.39, 0.29) is 5.15 Å². The first kappa shape index (κ1) is 10.3. The van der Waals surface area contributed by atoms with E-state index in [2.05, 4.69) is 9.97 Å². The number of hydrogen-bond donors (Lipinski definition) is 0. The molecule has 0 aliphatic heterocycles. The highest BCUT2D eigenvalue weighted by Crippen LogP contribution is 2.24. The minimum atomic E-state index is -3.03. The van der Waals surface area contributed by atoms with Gasteiger partial charge in [0.1, 0.15) is 5.15 Å². The summed E-state index contributed by atoms with van der Waals surface area (Å²) in [6.07, 6.45) is 0.561. The van der Waals surface area contributed by atoms with Crippen molar-refractivity contribution in [3.8, 4) is 0 Å². The van der Waals surface area contributed by atoms with Gasteiger partial charge in [-0.15, -0.1) is 0 Å². The molecule has 1 aromatic rings. The molecule has 0 N–H and O–H groups in total. The second-order valence-electron chi connectivity index (χ2n) is 2.75. The highest BCUT2D eigenvalue weighted by molar-refractivity contribution is 6.29. The molecule has 0 aliphatic rings. The summed E-state index contributed by atoms with van der Waals surface area (Å²) in [7, 11) is 0. The van der Waals surface area contributed by atoms with Crippen molar-refractivity contribution >= 4 is 11.6 Å². The Labute approximate surface area is 80.0 Å². The Balaban J connectivity index is 3.16. The molecule has 0 bridgehead atoms. The van der Waals surface area contributed by atoms with Gasteiger partial charge in [0.15, 0.2) is 5.82 Å². The van der Waals surface area contributed by atoms with Crippen molar-refractivity contribution < 1.29 is 8.78 Å². The smallest absolute Gasteiger partial charge is 0.232 e. The Kier molecular flexibility index (Phi) is 2.81. The summed E-state index contributed by atoms with van der Waals surface area (Å²) >= 11 is 5.55. The van der Waals surface area contributed by atoms with Crippen LogP contribution in [0.25, 0.3) is 0 Å². The second kappa shape index (κ2) is 3.54. The van der Waals surface area contributed by atoms with Crippen LogP contribution in [-0.2, 0) is 12.3 Å². The van der Waals surface area contributed by atoms with Gasteiger partial charge in [0.25, 0.3) is 0 Å². The van der Waals surface area contributed by atoms with Gasteiger partial charge in [0.2, 0.25) is 0 Å². The van der Waals surface area contributed by atoms with Crippen LogP contribution in [0.15, 0.2) is 6.07 Å². The lowest BCUT2D eigenvalue weighted by atomic mass is 10.3. The van der Waals surface area contributed by atoms with E-state index in [1.165, 1.54) is 6.07 Å². The Morgan fingerprint density at radius 3 is 2.54 bits per heavy atom. The van der Waals surface area contributed by atoms with Gasteiger partial charge in [-0.25, -0.2) is 9.97 Å². The molecule has 0 aliphatic carbocycles. The zero-order valence-electron chi connectivity index (χ0n) is 7.31. The van der Waals surface area contributed by atoms with Gasteiger partial charge >= 0.3 is 5.92 Å². The fraction of sp³-hybridized carbons (Fsp3) is 0.500. The molecule has 13 heavy (non-hydrogen) atoms. The van der Waals surface area contributed by atoms with Crippen molar-refractivity contribution in [3.05, 3.63) is 22.7 Å². The van der Waals surface area contributed by atoms with Gasteiger partial charge in [-0.05, 0) is 12.5 Å². The van der Waals surface area contributed by atoms with Crippen molar-refractivity contribution in [1.29, 1.82) is 0 Å². The summed E-state index contributed by atoms with van der Waals surface area (Å²) in [5.41, 5.74) is 0.525. The van der Waals surface area contributed by atoms with Crippen LogP contribution in [0.3, 0.4) is 0 Å². The van der Waals surface area contributed by atoms with Crippen LogP contribution < -0.4 is 0 Å². The summed E-state index contributed by atoms with van der Waals surface area (Å²) < 4.78 is 25.5. The standard InChI is InChI=1S/C8H9ClF2N2/c1-3-5-4-6(9)13-7(12-5)8(2,10)11/h4H,3H2,1-2H3. The van der Waals surface area contributed by atoms with Gasteiger partial charge < -0.3 is 0 Å². The van der Waals surface area contributed by atoms with E-state index in [1.54, 1.807) is 0 Å². The largest absolute Gasteiger partial charge is 0.303 e. The van der Waals surface area contributed by atoms with E-state index < -0.39 is 11.7 Å². The molecule has 0 fully saturated rings. The fourth-order valence-electron chi connectivity index (χ4n) is 0.842. The van der Waals surface area contributed by atoms with Crippen LogP contribution in [0, 0.1) is 0 Å². The maximum Gasteiger partial charge on any atom is 0.303 e. The molecule has 0 saturated carbocycles. The van der Waals surface area contributed by atoms with Crippen LogP contribution in [0.4, 0.5) is 8.78 Å². The number of aryl methyl sites for hydroxylation is 1. The van der Waals surface area contributed by atoms with E-state index in [0.29, 0.717) is 12.1 Å². The summed E-state index contributed by atoms with van der Waals surface area (Å²) in [4.78, 5) is 7.14.